The van der Waals surface area contributed by atoms with Crippen molar-refractivity contribution in [3.05, 3.63) is 48.0 Å². The number of ether oxygens (including phenoxy) is 2. The van der Waals surface area contributed by atoms with Gasteiger partial charge in [-0.25, -0.2) is 0 Å². The van der Waals surface area contributed by atoms with Crippen molar-refractivity contribution in [3.63, 3.8) is 0 Å². The average molecular weight is 342 g/mol. The molecule has 25 heavy (non-hydrogen) atoms. The maximum atomic E-state index is 12.1. The fraction of sp³-hybridized carbons (Fsp3) is 0.263. The second-order valence-corrected chi connectivity index (χ2v) is 5.42. The van der Waals surface area contributed by atoms with Gasteiger partial charge in [-0.1, -0.05) is 25.1 Å². The third-order valence-electron chi connectivity index (χ3n) is 3.54. The quantitative estimate of drug-likeness (QED) is 0.809. The molecule has 2 amide bonds. The molecule has 6 nitrogen and oxygen atoms in total. The summed E-state index contributed by atoms with van der Waals surface area (Å²) in [5, 5.41) is 5.56. The number of benzene rings is 2. The van der Waals surface area contributed by atoms with Gasteiger partial charge in [-0.2, -0.15) is 0 Å². The van der Waals surface area contributed by atoms with Crippen molar-refractivity contribution >= 4 is 23.2 Å². The van der Waals surface area contributed by atoms with E-state index in [-0.39, 0.29) is 18.4 Å². The highest BCUT2D eigenvalue weighted by Gasteiger charge is 2.09. The predicted octanol–water partition coefficient (Wildman–Crippen LogP) is 3.37. The van der Waals surface area contributed by atoms with E-state index in [4.69, 9.17) is 9.47 Å². The van der Waals surface area contributed by atoms with Crippen LogP contribution in [0.2, 0.25) is 0 Å². The zero-order valence-electron chi connectivity index (χ0n) is 14.6. The predicted molar refractivity (Wildman–Crippen MR) is 97.2 cm³/mol. The van der Waals surface area contributed by atoms with E-state index in [1.807, 2.05) is 19.1 Å². The van der Waals surface area contributed by atoms with Crippen LogP contribution in [-0.2, 0) is 9.59 Å². The van der Waals surface area contributed by atoms with E-state index < -0.39 is 0 Å². The average Bonchev–Trinajstić information content (AvgIpc) is 2.62. The number of nitrogens with one attached hydrogen (secondary N) is 2. The molecule has 0 spiro atoms. The zero-order valence-corrected chi connectivity index (χ0v) is 14.6. The molecule has 6 heteroatoms. The molecule has 132 valence electrons. The molecule has 0 aliphatic carbocycles. The van der Waals surface area contributed by atoms with Crippen molar-refractivity contribution in [2.24, 2.45) is 0 Å². The topological polar surface area (TPSA) is 76.7 Å². The molecular formula is C19H22N2O4. The first kappa shape index (κ1) is 18.3. The minimum Gasteiger partial charge on any atom is -0.493 e. The summed E-state index contributed by atoms with van der Waals surface area (Å²) < 4.78 is 10.7. The number of para-hydroxylation sites is 2. The molecule has 0 aliphatic heterocycles. The first-order valence-electron chi connectivity index (χ1n) is 7.99. The highest BCUT2D eigenvalue weighted by atomic mass is 16.5. The van der Waals surface area contributed by atoms with Crippen LogP contribution in [0, 0.1) is 6.92 Å². The second kappa shape index (κ2) is 8.73. The lowest BCUT2D eigenvalue weighted by Gasteiger charge is -2.12. The molecule has 0 heterocycles. The lowest BCUT2D eigenvalue weighted by atomic mass is 10.1. The Kier molecular flexibility index (Phi) is 6.39. The summed E-state index contributed by atoms with van der Waals surface area (Å²) in [5.41, 5.74) is 2.19. The summed E-state index contributed by atoms with van der Waals surface area (Å²) >= 11 is 0. The summed E-state index contributed by atoms with van der Waals surface area (Å²) in [6, 6.07) is 12.5. The van der Waals surface area contributed by atoms with Crippen LogP contribution >= 0.6 is 0 Å². The monoisotopic (exact) mass is 342 g/mol. The summed E-state index contributed by atoms with van der Waals surface area (Å²) in [5.74, 6) is 0.684. The van der Waals surface area contributed by atoms with Gasteiger partial charge in [0.25, 0.3) is 5.91 Å². The van der Waals surface area contributed by atoms with Gasteiger partial charge >= 0.3 is 0 Å². The van der Waals surface area contributed by atoms with Crippen molar-refractivity contribution in [1.29, 1.82) is 0 Å². The number of hydrogen-bond donors (Lipinski definition) is 2. The smallest absolute Gasteiger partial charge is 0.262 e. The van der Waals surface area contributed by atoms with Crippen molar-refractivity contribution in [3.8, 4) is 11.5 Å². The number of rotatable bonds is 7. The standard InChI is InChI=1S/C19H22N2O4/c1-4-18(22)21-15-11-14(10-9-13(15)2)20-19(23)12-25-17-8-6-5-7-16(17)24-3/h5-11H,4,12H2,1-3H3,(H,20,23)(H,21,22). The van der Waals surface area contributed by atoms with E-state index in [1.165, 1.54) is 0 Å². The van der Waals surface area contributed by atoms with Crippen LogP contribution in [0.4, 0.5) is 11.4 Å². The second-order valence-electron chi connectivity index (χ2n) is 5.42. The summed E-state index contributed by atoms with van der Waals surface area (Å²) in [7, 11) is 1.54. The van der Waals surface area contributed by atoms with Gasteiger partial charge in [0.05, 0.1) is 7.11 Å². The van der Waals surface area contributed by atoms with Crippen LogP contribution in [0.5, 0.6) is 11.5 Å². The SMILES string of the molecule is CCC(=O)Nc1cc(NC(=O)COc2ccccc2OC)ccc1C. The van der Waals surface area contributed by atoms with Gasteiger partial charge in [0.2, 0.25) is 5.91 Å². The summed E-state index contributed by atoms with van der Waals surface area (Å²) in [6.07, 6.45) is 0.392. The van der Waals surface area contributed by atoms with Gasteiger partial charge in [0.15, 0.2) is 18.1 Å². The Morgan fingerprint density at radius 2 is 1.72 bits per heavy atom. The molecular weight excluding hydrogens is 320 g/mol. The molecule has 0 aromatic heterocycles. The first-order chi connectivity index (χ1) is 12.0. The minimum atomic E-state index is -0.303. The van der Waals surface area contributed by atoms with Crippen LogP contribution in [0.3, 0.4) is 0 Å². The number of methoxy groups -OCH3 is 1. The van der Waals surface area contributed by atoms with Crippen molar-refractivity contribution in [1.82, 2.24) is 0 Å². The zero-order chi connectivity index (χ0) is 18.2. The Balaban J connectivity index is 1.98. The van der Waals surface area contributed by atoms with Crippen molar-refractivity contribution in [2.75, 3.05) is 24.4 Å². The van der Waals surface area contributed by atoms with E-state index in [1.54, 1.807) is 44.4 Å². The maximum absolute atomic E-state index is 12.1. The normalized spacial score (nSPS) is 10.0. The van der Waals surface area contributed by atoms with Gasteiger partial charge in [0.1, 0.15) is 0 Å². The van der Waals surface area contributed by atoms with E-state index in [0.717, 1.165) is 5.56 Å². The molecule has 0 bridgehead atoms. The highest BCUT2D eigenvalue weighted by Crippen LogP contribution is 2.26. The van der Waals surface area contributed by atoms with Gasteiger partial charge in [-0.3, -0.25) is 9.59 Å². The Labute approximate surface area is 147 Å². The van der Waals surface area contributed by atoms with Gasteiger partial charge < -0.3 is 20.1 Å². The van der Waals surface area contributed by atoms with Crippen LogP contribution in [-0.4, -0.2) is 25.5 Å². The minimum absolute atomic E-state index is 0.0777. The molecule has 0 saturated heterocycles. The Morgan fingerprint density at radius 3 is 2.40 bits per heavy atom. The maximum Gasteiger partial charge on any atom is 0.262 e. The fourth-order valence-corrected chi connectivity index (χ4v) is 2.15. The lowest BCUT2D eigenvalue weighted by Crippen LogP contribution is -2.20. The van der Waals surface area contributed by atoms with E-state index in [0.29, 0.717) is 29.3 Å². The van der Waals surface area contributed by atoms with Crippen molar-refractivity contribution < 1.29 is 19.1 Å². The molecule has 2 rings (SSSR count). The Morgan fingerprint density at radius 1 is 1.00 bits per heavy atom. The van der Waals surface area contributed by atoms with Crippen LogP contribution < -0.4 is 20.1 Å². The number of anilines is 2. The number of carbonyl (C=O) groups excluding carboxylic acids is 2. The largest absolute Gasteiger partial charge is 0.493 e. The van der Waals surface area contributed by atoms with Gasteiger partial charge in [-0.15, -0.1) is 0 Å². The Hall–Kier alpha value is -3.02. The molecule has 2 N–H and O–H groups in total. The summed E-state index contributed by atoms with van der Waals surface area (Å²) in [4.78, 5) is 23.7. The number of amides is 2. The number of hydrogen-bond acceptors (Lipinski definition) is 4. The van der Waals surface area contributed by atoms with Crippen LogP contribution in [0.1, 0.15) is 18.9 Å². The number of aryl methyl sites for hydroxylation is 1. The molecule has 0 unspecified atom stereocenters. The van der Waals surface area contributed by atoms with Crippen LogP contribution in [0.15, 0.2) is 42.5 Å². The van der Waals surface area contributed by atoms with E-state index in [2.05, 4.69) is 10.6 Å². The fourth-order valence-electron chi connectivity index (χ4n) is 2.15. The van der Waals surface area contributed by atoms with E-state index in [9.17, 15) is 9.59 Å². The number of carbonyl (C=O) groups is 2. The molecule has 0 radical (unpaired) electrons. The molecule has 0 fully saturated rings. The summed E-state index contributed by atoms with van der Waals surface area (Å²) in [6.45, 7) is 3.53. The molecule has 0 saturated carbocycles. The van der Waals surface area contributed by atoms with Crippen LogP contribution in [0.25, 0.3) is 0 Å². The molecule has 0 aliphatic rings. The lowest BCUT2D eigenvalue weighted by molar-refractivity contribution is -0.118. The van der Waals surface area contributed by atoms with Gasteiger partial charge in [-0.05, 0) is 36.8 Å². The third-order valence-corrected chi connectivity index (χ3v) is 3.54. The third kappa shape index (κ3) is 5.24. The molecule has 2 aromatic rings. The highest BCUT2D eigenvalue weighted by molar-refractivity contribution is 5.95. The van der Waals surface area contributed by atoms with Crippen molar-refractivity contribution in [2.45, 2.75) is 20.3 Å². The first-order valence-corrected chi connectivity index (χ1v) is 7.99. The molecule has 2 aromatic carbocycles. The van der Waals surface area contributed by atoms with Gasteiger partial charge in [0, 0.05) is 17.8 Å². The van der Waals surface area contributed by atoms with E-state index >= 15 is 0 Å². The molecule has 0 atom stereocenters. The Bertz CT molecular complexity index is 759.